The first-order valence-corrected chi connectivity index (χ1v) is 12.6. The molecule has 0 saturated carbocycles. The van der Waals surface area contributed by atoms with Crippen LogP contribution in [-0.4, -0.2) is 22.0 Å². The summed E-state index contributed by atoms with van der Waals surface area (Å²) in [7, 11) is 2.07. The fourth-order valence-corrected chi connectivity index (χ4v) is 5.80. The van der Waals surface area contributed by atoms with Gasteiger partial charge in [0.1, 0.15) is 5.82 Å². The number of fused-ring (bicyclic) bond motifs is 2. The molecule has 6 rings (SSSR count). The van der Waals surface area contributed by atoms with Crippen molar-refractivity contribution in [3.8, 4) is 11.4 Å². The second kappa shape index (κ2) is 8.71. The van der Waals surface area contributed by atoms with Crippen molar-refractivity contribution < 1.29 is 4.79 Å². The summed E-state index contributed by atoms with van der Waals surface area (Å²) in [4.78, 5) is 22.2. The van der Waals surface area contributed by atoms with Crippen LogP contribution < -0.4 is 10.2 Å². The summed E-state index contributed by atoms with van der Waals surface area (Å²) in [5.41, 5.74) is 7.66. The van der Waals surface area contributed by atoms with Crippen molar-refractivity contribution in [2.75, 3.05) is 16.8 Å². The molecule has 1 amide bonds. The SMILES string of the molecule is Cc1ccc(NC(=O)c2cc3c(s2)CCN(c2cccc(-c4nc5ccccc5n4C)c2)C3)cc1. The molecule has 0 spiro atoms. The van der Waals surface area contributed by atoms with E-state index in [4.69, 9.17) is 4.98 Å². The predicted octanol–water partition coefficient (Wildman–Crippen LogP) is 6.43. The maximum atomic E-state index is 12.9. The second-order valence-electron chi connectivity index (χ2n) is 9.08. The number of aromatic nitrogens is 2. The van der Waals surface area contributed by atoms with Gasteiger partial charge < -0.3 is 14.8 Å². The maximum Gasteiger partial charge on any atom is 0.265 e. The third kappa shape index (κ3) is 4.10. The zero-order valence-electron chi connectivity index (χ0n) is 19.8. The van der Waals surface area contributed by atoms with Crippen molar-refractivity contribution in [3.63, 3.8) is 0 Å². The molecule has 0 unspecified atom stereocenters. The first kappa shape index (κ1) is 21.6. The van der Waals surface area contributed by atoms with E-state index < -0.39 is 0 Å². The number of aryl methyl sites for hydroxylation is 2. The lowest BCUT2D eigenvalue weighted by atomic mass is 10.1. The molecule has 1 aliphatic heterocycles. The number of hydrogen-bond donors (Lipinski definition) is 1. The van der Waals surface area contributed by atoms with Crippen LogP contribution in [0.2, 0.25) is 0 Å². The summed E-state index contributed by atoms with van der Waals surface area (Å²) < 4.78 is 2.15. The monoisotopic (exact) mass is 478 g/mol. The summed E-state index contributed by atoms with van der Waals surface area (Å²) in [6, 6.07) is 26.8. The van der Waals surface area contributed by atoms with Gasteiger partial charge in [-0.1, -0.05) is 42.0 Å². The molecule has 1 N–H and O–H groups in total. The number of amides is 1. The summed E-state index contributed by atoms with van der Waals surface area (Å²) >= 11 is 1.62. The lowest BCUT2D eigenvalue weighted by molar-refractivity contribution is 0.103. The van der Waals surface area contributed by atoms with Crippen LogP contribution in [0.25, 0.3) is 22.4 Å². The predicted molar refractivity (Wildman–Crippen MR) is 144 cm³/mol. The highest BCUT2D eigenvalue weighted by Gasteiger charge is 2.22. The fraction of sp³-hybridized carbons (Fsp3) is 0.172. The molecular formula is C29H26N4OS. The Bertz CT molecular complexity index is 1550. The average Bonchev–Trinajstić information content (AvgIpc) is 3.46. The highest BCUT2D eigenvalue weighted by atomic mass is 32.1. The Morgan fingerprint density at radius 1 is 1.00 bits per heavy atom. The van der Waals surface area contributed by atoms with E-state index in [0.717, 1.165) is 52.5 Å². The third-order valence-electron chi connectivity index (χ3n) is 6.66. The van der Waals surface area contributed by atoms with Gasteiger partial charge in [0, 0.05) is 42.0 Å². The number of nitrogens with zero attached hydrogens (tertiary/aromatic N) is 3. The molecule has 1 aliphatic rings. The van der Waals surface area contributed by atoms with Crippen LogP contribution in [0.3, 0.4) is 0 Å². The molecule has 0 saturated heterocycles. The Labute approximate surface area is 208 Å². The standard InChI is InChI=1S/C29H26N4OS/c1-19-10-12-22(13-11-19)30-29(34)27-17-21-18-33(15-14-26(21)35-27)23-7-5-6-20(16-23)28-31-24-8-3-4-9-25(24)32(28)2/h3-13,16-17H,14-15,18H2,1-2H3,(H,30,34). The smallest absolute Gasteiger partial charge is 0.265 e. The number of para-hydroxylation sites is 2. The molecule has 0 bridgehead atoms. The molecule has 35 heavy (non-hydrogen) atoms. The summed E-state index contributed by atoms with van der Waals surface area (Å²) in [5, 5.41) is 3.03. The van der Waals surface area contributed by atoms with E-state index in [2.05, 4.69) is 64.3 Å². The van der Waals surface area contributed by atoms with Crippen LogP contribution in [-0.2, 0) is 20.0 Å². The van der Waals surface area contributed by atoms with Gasteiger partial charge in [0.05, 0.1) is 15.9 Å². The van der Waals surface area contributed by atoms with Crippen LogP contribution in [0.4, 0.5) is 11.4 Å². The molecule has 3 aromatic carbocycles. The Morgan fingerprint density at radius 2 is 1.83 bits per heavy atom. The molecule has 3 heterocycles. The number of benzene rings is 3. The van der Waals surface area contributed by atoms with Crippen LogP contribution in [0.15, 0.2) is 78.9 Å². The summed E-state index contributed by atoms with van der Waals surface area (Å²) in [6.45, 7) is 3.77. The zero-order valence-corrected chi connectivity index (χ0v) is 20.6. The van der Waals surface area contributed by atoms with Gasteiger partial charge in [-0.3, -0.25) is 4.79 Å². The van der Waals surface area contributed by atoms with E-state index >= 15 is 0 Å². The molecule has 2 aromatic heterocycles. The zero-order chi connectivity index (χ0) is 23.9. The van der Waals surface area contributed by atoms with Gasteiger partial charge >= 0.3 is 0 Å². The molecule has 0 radical (unpaired) electrons. The average molecular weight is 479 g/mol. The molecule has 0 atom stereocenters. The van der Waals surface area contributed by atoms with Gasteiger partial charge in [0.15, 0.2) is 0 Å². The van der Waals surface area contributed by atoms with Crippen molar-refractivity contribution >= 4 is 39.7 Å². The van der Waals surface area contributed by atoms with Crippen molar-refractivity contribution in [1.29, 1.82) is 0 Å². The van der Waals surface area contributed by atoms with Crippen LogP contribution in [0.1, 0.15) is 25.7 Å². The van der Waals surface area contributed by atoms with E-state index in [-0.39, 0.29) is 5.91 Å². The lowest BCUT2D eigenvalue weighted by Gasteiger charge is -2.29. The van der Waals surface area contributed by atoms with Crippen LogP contribution in [0, 0.1) is 6.92 Å². The topological polar surface area (TPSA) is 50.2 Å². The Kier molecular flexibility index (Phi) is 5.38. The van der Waals surface area contributed by atoms with Gasteiger partial charge in [0.25, 0.3) is 5.91 Å². The molecule has 6 heteroatoms. The van der Waals surface area contributed by atoms with Gasteiger partial charge in [-0.25, -0.2) is 4.98 Å². The minimum atomic E-state index is -0.0383. The molecule has 0 fully saturated rings. The van der Waals surface area contributed by atoms with E-state index in [1.165, 1.54) is 21.7 Å². The van der Waals surface area contributed by atoms with Gasteiger partial charge in [-0.05, 0) is 61.4 Å². The van der Waals surface area contributed by atoms with Crippen molar-refractivity contribution in [2.45, 2.75) is 19.9 Å². The molecular weight excluding hydrogens is 452 g/mol. The van der Waals surface area contributed by atoms with E-state index in [1.54, 1.807) is 11.3 Å². The number of carbonyl (C=O) groups excluding carboxylic acids is 1. The maximum absolute atomic E-state index is 12.9. The number of carbonyl (C=O) groups is 1. The minimum absolute atomic E-state index is 0.0383. The van der Waals surface area contributed by atoms with Crippen LogP contribution >= 0.6 is 11.3 Å². The van der Waals surface area contributed by atoms with Gasteiger partial charge in [-0.2, -0.15) is 0 Å². The normalized spacial score (nSPS) is 13.1. The number of nitrogens with one attached hydrogen (secondary N) is 1. The van der Waals surface area contributed by atoms with Crippen molar-refractivity contribution in [1.82, 2.24) is 9.55 Å². The number of rotatable bonds is 4. The van der Waals surface area contributed by atoms with Crippen molar-refractivity contribution in [3.05, 3.63) is 99.7 Å². The quantitative estimate of drug-likeness (QED) is 0.324. The minimum Gasteiger partial charge on any atom is -0.367 e. The van der Waals surface area contributed by atoms with Gasteiger partial charge in [-0.15, -0.1) is 11.3 Å². The number of anilines is 2. The number of thiophene rings is 1. The summed E-state index contributed by atoms with van der Waals surface area (Å²) in [6.07, 6.45) is 0.939. The second-order valence-corrected chi connectivity index (χ2v) is 10.2. The lowest BCUT2D eigenvalue weighted by Crippen LogP contribution is -2.29. The first-order valence-electron chi connectivity index (χ1n) is 11.8. The van der Waals surface area contributed by atoms with Gasteiger partial charge in [0.2, 0.25) is 0 Å². The van der Waals surface area contributed by atoms with E-state index in [9.17, 15) is 4.79 Å². The molecule has 5 aromatic rings. The fourth-order valence-electron chi connectivity index (χ4n) is 4.74. The highest BCUT2D eigenvalue weighted by molar-refractivity contribution is 7.14. The molecule has 5 nitrogen and oxygen atoms in total. The first-order chi connectivity index (χ1) is 17.0. The largest absolute Gasteiger partial charge is 0.367 e. The Balaban J connectivity index is 1.23. The Morgan fingerprint density at radius 3 is 2.66 bits per heavy atom. The number of hydrogen-bond acceptors (Lipinski definition) is 4. The highest BCUT2D eigenvalue weighted by Crippen LogP contribution is 2.33. The van der Waals surface area contributed by atoms with Crippen molar-refractivity contribution in [2.24, 2.45) is 7.05 Å². The molecule has 174 valence electrons. The van der Waals surface area contributed by atoms with Crippen LogP contribution in [0.5, 0.6) is 0 Å². The Hall–Kier alpha value is -3.90. The molecule has 0 aliphatic carbocycles. The number of imidazole rings is 1. The summed E-state index contributed by atoms with van der Waals surface area (Å²) in [5.74, 6) is 0.931. The van der Waals surface area contributed by atoms with E-state index in [0.29, 0.717) is 0 Å². The van der Waals surface area contributed by atoms with E-state index in [1.807, 2.05) is 43.3 Å². The third-order valence-corrected chi connectivity index (χ3v) is 7.89.